The van der Waals surface area contributed by atoms with Gasteiger partial charge in [-0.1, -0.05) is 11.6 Å². The highest BCUT2D eigenvalue weighted by Gasteiger charge is 2.26. The summed E-state index contributed by atoms with van der Waals surface area (Å²) in [6.45, 7) is 1.07. The quantitative estimate of drug-likeness (QED) is 0.840. The lowest BCUT2D eigenvalue weighted by atomic mass is 9.96. The minimum atomic E-state index is -0.299. The lowest BCUT2D eigenvalue weighted by molar-refractivity contribution is -0.134. The molecule has 0 saturated carbocycles. The molecule has 1 aromatic rings. The molecule has 1 aromatic heterocycles. The van der Waals surface area contributed by atoms with Crippen molar-refractivity contribution in [1.29, 1.82) is 0 Å². The number of ketones is 1. The number of halogens is 1. The Kier molecular flexibility index (Phi) is 5.36. The molecule has 0 unspecified atom stereocenters. The zero-order valence-electron chi connectivity index (χ0n) is 11.5. The van der Waals surface area contributed by atoms with Crippen molar-refractivity contribution in [1.82, 2.24) is 4.90 Å². The van der Waals surface area contributed by atoms with Gasteiger partial charge in [-0.15, -0.1) is 11.3 Å². The van der Waals surface area contributed by atoms with Crippen LogP contribution in [0.15, 0.2) is 12.1 Å². The molecule has 21 heavy (non-hydrogen) atoms. The summed E-state index contributed by atoms with van der Waals surface area (Å²) in [5.74, 6) is -0.544. The SMILES string of the molecule is NC(=O)C1CCN(C(=O)CCC(=O)c2ccc(Cl)s2)CC1. The maximum atomic E-state index is 12.1. The standard InChI is InChI=1S/C14H17ClN2O3S/c15-12-3-2-11(21-12)10(18)1-4-13(19)17-7-5-9(6-8-17)14(16)20/h2-3,9H,1,4-8H2,(H2,16,20). The number of hydrogen-bond acceptors (Lipinski definition) is 4. The summed E-state index contributed by atoms with van der Waals surface area (Å²) >= 11 is 7.01. The van der Waals surface area contributed by atoms with Crippen molar-refractivity contribution in [3.8, 4) is 0 Å². The Hall–Kier alpha value is -1.40. The Balaban J connectivity index is 1.78. The second-order valence-corrected chi connectivity index (χ2v) is 6.80. The number of rotatable bonds is 5. The molecule has 2 amide bonds. The number of Topliss-reactive ketones (excluding diaryl/α,β-unsaturated/α-hetero) is 1. The number of carbonyl (C=O) groups is 3. The fourth-order valence-corrected chi connectivity index (χ4v) is 3.39. The smallest absolute Gasteiger partial charge is 0.223 e. The maximum Gasteiger partial charge on any atom is 0.223 e. The van der Waals surface area contributed by atoms with Crippen LogP contribution in [0.4, 0.5) is 0 Å². The van der Waals surface area contributed by atoms with Crippen molar-refractivity contribution in [2.24, 2.45) is 11.7 Å². The third-order valence-corrected chi connectivity index (χ3v) is 4.94. The van der Waals surface area contributed by atoms with Crippen LogP contribution in [0, 0.1) is 5.92 Å². The van der Waals surface area contributed by atoms with E-state index in [2.05, 4.69) is 0 Å². The number of primary amides is 1. The maximum absolute atomic E-state index is 12.1. The molecule has 0 aliphatic carbocycles. The molecule has 0 radical (unpaired) electrons. The van der Waals surface area contributed by atoms with Crippen LogP contribution in [-0.4, -0.2) is 35.6 Å². The van der Waals surface area contributed by atoms with E-state index < -0.39 is 0 Å². The number of hydrogen-bond donors (Lipinski definition) is 1. The van der Waals surface area contributed by atoms with Gasteiger partial charge < -0.3 is 10.6 Å². The van der Waals surface area contributed by atoms with Gasteiger partial charge in [0.25, 0.3) is 0 Å². The molecule has 1 aliphatic heterocycles. The molecule has 2 heterocycles. The molecule has 1 aliphatic rings. The van der Waals surface area contributed by atoms with Gasteiger partial charge in [0, 0.05) is 31.8 Å². The molecule has 0 aromatic carbocycles. The van der Waals surface area contributed by atoms with E-state index in [1.807, 2.05) is 0 Å². The number of amides is 2. The van der Waals surface area contributed by atoms with Crippen molar-refractivity contribution >= 4 is 40.5 Å². The number of nitrogens with zero attached hydrogens (tertiary/aromatic N) is 1. The van der Waals surface area contributed by atoms with Gasteiger partial charge in [-0.05, 0) is 25.0 Å². The largest absolute Gasteiger partial charge is 0.369 e. The highest BCUT2D eigenvalue weighted by Crippen LogP contribution is 2.23. The molecule has 0 spiro atoms. The molecular formula is C14H17ClN2O3S. The van der Waals surface area contributed by atoms with E-state index in [-0.39, 0.29) is 36.4 Å². The van der Waals surface area contributed by atoms with Gasteiger partial charge in [0.05, 0.1) is 9.21 Å². The van der Waals surface area contributed by atoms with Gasteiger partial charge in [-0.25, -0.2) is 0 Å². The summed E-state index contributed by atoms with van der Waals surface area (Å²) in [7, 11) is 0. The van der Waals surface area contributed by atoms with Crippen LogP contribution in [0.5, 0.6) is 0 Å². The fraction of sp³-hybridized carbons (Fsp3) is 0.500. The van der Waals surface area contributed by atoms with Gasteiger partial charge in [0.2, 0.25) is 11.8 Å². The van der Waals surface area contributed by atoms with Crippen molar-refractivity contribution < 1.29 is 14.4 Å². The number of carbonyl (C=O) groups excluding carboxylic acids is 3. The lowest BCUT2D eigenvalue weighted by Crippen LogP contribution is -2.41. The summed E-state index contributed by atoms with van der Waals surface area (Å²) in [6, 6.07) is 3.36. The van der Waals surface area contributed by atoms with Crippen LogP contribution in [-0.2, 0) is 9.59 Å². The number of nitrogens with two attached hydrogens (primary N) is 1. The average molecular weight is 329 g/mol. The Morgan fingerprint density at radius 2 is 1.90 bits per heavy atom. The van der Waals surface area contributed by atoms with Crippen molar-refractivity contribution in [2.45, 2.75) is 25.7 Å². The molecule has 0 atom stereocenters. The second kappa shape index (κ2) is 7.04. The van der Waals surface area contributed by atoms with E-state index in [0.717, 1.165) is 0 Å². The number of thiophene rings is 1. The minimum Gasteiger partial charge on any atom is -0.369 e. The molecule has 1 saturated heterocycles. The topological polar surface area (TPSA) is 80.5 Å². The van der Waals surface area contributed by atoms with Gasteiger partial charge in [0.1, 0.15) is 0 Å². The first-order chi connectivity index (χ1) is 9.97. The van der Waals surface area contributed by atoms with E-state index >= 15 is 0 Å². The van der Waals surface area contributed by atoms with E-state index in [4.69, 9.17) is 17.3 Å². The highest BCUT2D eigenvalue weighted by molar-refractivity contribution is 7.18. The van der Waals surface area contributed by atoms with Crippen LogP contribution in [0.25, 0.3) is 0 Å². The average Bonchev–Trinajstić information content (AvgIpc) is 2.91. The van der Waals surface area contributed by atoms with Crippen molar-refractivity contribution in [2.75, 3.05) is 13.1 Å². The Labute approximate surface area is 132 Å². The van der Waals surface area contributed by atoms with E-state index in [9.17, 15) is 14.4 Å². The molecule has 2 rings (SSSR count). The summed E-state index contributed by atoms with van der Waals surface area (Å²) in [5.41, 5.74) is 5.26. The summed E-state index contributed by atoms with van der Waals surface area (Å²) in [6.07, 6.45) is 1.59. The van der Waals surface area contributed by atoms with Crippen LogP contribution in [0.3, 0.4) is 0 Å². The summed E-state index contributed by atoms with van der Waals surface area (Å²) in [4.78, 5) is 37.3. The molecule has 0 bridgehead atoms. The first-order valence-corrected chi connectivity index (χ1v) is 8.02. The predicted octanol–water partition coefficient (Wildman–Crippen LogP) is 2.09. The molecule has 5 nitrogen and oxygen atoms in total. The van der Waals surface area contributed by atoms with E-state index in [0.29, 0.717) is 35.1 Å². The summed E-state index contributed by atoms with van der Waals surface area (Å²) < 4.78 is 0.568. The summed E-state index contributed by atoms with van der Waals surface area (Å²) in [5, 5.41) is 0. The van der Waals surface area contributed by atoms with Crippen LogP contribution >= 0.6 is 22.9 Å². The van der Waals surface area contributed by atoms with Crippen molar-refractivity contribution in [3.63, 3.8) is 0 Å². The number of piperidine rings is 1. The Morgan fingerprint density at radius 3 is 2.43 bits per heavy atom. The van der Waals surface area contributed by atoms with Crippen molar-refractivity contribution in [3.05, 3.63) is 21.3 Å². The Morgan fingerprint density at radius 1 is 1.24 bits per heavy atom. The molecule has 2 N–H and O–H groups in total. The van der Waals surface area contributed by atoms with Gasteiger partial charge in [0.15, 0.2) is 5.78 Å². The first-order valence-electron chi connectivity index (χ1n) is 6.83. The molecule has 114 valence electrons. The first kappa shape index (κ1) is 16.0. The minimum absolute atomic E-state index is 0.0473. The van der Waals surface area contributed by atoms with Crippen LogP contribution in [0.1, 0.15) is 35.4 Å². The van der Waals surface area contributed by atoms with Crippen LogP contribution < -0.4 is 5.73 Å². The van der Waals surface area contributed by atoms with E-state index in [1.54, 1.807) is 17.0 Å². The second-order valence-electron chi connectivity index (χ2n) is 5.08. The zero-order chi connectivity index (χ0) is 15.4. The lowest BCUT2D eigenvalue weighted by Gasteiger charge is -2.30. The van der Waals surface area contributed by atoms with E-state index in [1.165, 1.54) is 11.3 Å². The third kappa shape index (κ3) is 4.28. The monoisotopic (exact) mass is 328 g/mol. The predicted molar refractivity (Wildman–Crippen MR) is 81.4 cm³/mol. The Bertz CT molecular complexity index is 550. The highest BCUT2D eigenvalue weighted by atomic mass is 35.5. The zero-order valence-corrected chi connectivity index (χ0v) is 13.1. The van der Waals surface area contributed by atoms with Gasteiger partial charge in [-0.2, -0.15) is 0 Å². The van der Waals surface area contributed by atoms with Crippen LogP contribution in [0.2, 0.25) is 4.34 Å². The number of likely N-dealkylation sites (tertiary alicyclic amines) is 1. The molecule has 1 fully saturated rings. The van der Waals surface area contributed by atoms with Gasteiger partial charge in [-0.3, -0.25) is 14.4 Å². The molecular weight excluding hydrogens is 312 g/mol. The third-order valence-electron chi connectivity index (χ3n) is 3.66. The molecule has 7 heteroatoms. The van der Waals surface area contributed by atoms with Gasteiger partial charge >= 0.3 is 0 Å². The fourth-order valence-electron chi connectivity index (χ4n) is 2.38. The normalized spacial score (nSPS) is 16.0.